The molecule has 0 radical (unpaired) electrons. The molecule has 10 heteroatoms. The molecule has 0 saturated carbocycles. The molecule has 0 spiro atoms. The fourth-order valence-electron chi connectivity index (χ4n) is 3.47. The number of ether oxygens (including phenoxy) is 1. The van der Waals surface area contributed by atoms with E-state index in [-0.39, 0.29) is 17.2 Å². The summed E-state index contributed by atoms with van der Waals surface area (Å²) < 4.78 is 7.30. The number of anilines is 1. The van der Waals surface area contributed by atoms with Gasteiger partial charge in [0, 0.05) is 48.3 Å². The third-order valence-corrected chi connectivity index (χ3v) is 6.61. The first-order valence-corrected chi connectivity index (χ1v) is 11.5. The number of benzene rings is 2. The Morgan fingerprint density at radius 1 is 1.26 bits per heavy atom. The van der Waals surface area contributed by atoms with Crippen molar-refractivity contribution in [1.29, 1.82) is 0 Å². The standard InChI is InChI=1S/C21H21BrN4O4S/c22-16-5-6-18-19(14-16)31-21(23-18)25(8-2-7-24-9-11-30-12-10-24)20(27)15-3-1-4-17(13-15)26(28)29/h1,3-6,13-14H,2,7-12H2. The molecule has 2 heterocycles. The maximum absolute atomic E-state index is 13.4. The highest BCUT2D eigenvalue weighted by atomic mass is 79.9. The largest absolute Gasteiger partial charge is 0.379 e. The van der Waals surface area contributed by atoms with Gasteiger partial charge >= 0.3 is 0 Å². The van der Waals surface area contributed by atoms with E-state index in [0.29, 0.717) is 11.7 Å². The van der Waals surface area contributed by atoms with Gasteiger partial charge in [0.05, 0.1) is 28.4 Å². The van der Waals surface area contributed by atoms with Crippen LogP contribution in [0.2, 0.25) is 0 Å². The second kappa shape index (κ2) is 9.82. The minimum Gasteiger partial charge on any atom is -0.379 e. The number of hydrogen-bond acceptors (Lipinski definition) is 7. The summed E-state index contributed by atoms with van der Waals surface area (Å²) in [5, 5.41) is 11.8. The molecule has 0 bridgehead atoms. The number of hydrogen-bond donors (Lipinski definition) is 0. The number of thiazole rings is 1. The average molecular weight is 505 g/mol. The molecular formula is C21H21BrN4O4S. The monoisotopic (exact) mass is 504 g/mol. The fourth-order valence-corrected chi connectivity index (χ4v) is 5.01. The predicted octanol–water partition coefficient (Wildman–Crippen LogP) is 4.34. The highest BCUT2D eigenvalue weighted by Crippen LogP contribution is 2.32. The summed E-state index contributed by atoms with van der Waals surface area (Å²) in [6.07, 6.45) is 0.764. The van der Waals surface area contributed by atoms with E-state index in [2.05, 4.69) is 25.8 Å². The molecule has 31 heavy (non-hydrogen) atoms. The van der Waals surface area contributed by atoms with E-state index in [0.717, 1.165) is 54.0 Å². The van der Waals surface area contributed by atoms with Crippen molar-refractivity contribution in [3.8, 4) is 0 Å². The molecule has 0 aliphatic carbocycles. The average Bonchev–Trinajstić information content (AvgIpc) is 3.20. The Labute approximate surface area is 191 Å². The van der Waals surface area contributed by atoms with Crippen LogP contribution in [0.15, 0.2) is 46.9 Å². The molecule has 4 rings (SSSR count). The van der Waals surface area contributed by atoms with Crippen molar-refractivity contribution in [2.24, 2.45) is 0 Å². The van der Waals surface area contributed by atoms with Crippen molar-refractivity contribution in [2.45, 2.75) is 6.42 Å². The molecular weight excluding hydrogens is 484 g/mol. The maximum atomic E-state index is 13.4. The van der Waals surface area contributed by atoms with Gasteiger partial charge in [-0.2, -0.15) is 0 Å². The van der Waals surface area contributed by atoms with Gasteiger partial charge in [0.1, 0.15) is 0 Å². The zero-order valence-corrected chi connectivity index (χ0v) is 19.1. The normalized spacial score (nSPS) is 14.6. The lowest BCUT2D eigenvalue weighted by Crippen LogP contribution is -2.39. The second-order valence-electron chi connectivity index (χ2n) is 7.18. The van der Waals surface area contributed by atoms with Crippen LogP contribution in [0.4, 0.5) is 10.8 Å². The molecule has 3 aromatic rings. The van der Waals surface area contributed by atoms with E-state index < -0.39 is 4.92 Å². The fraction of sp³-hybridized carbons (Fsp3) is 0.333. The third-order valence-electron chi connectivity index (χ3n) is 5.08. The predicted molar refractivity (Wildman–Crippen MR) is 124 cm³/mol. The van der Waals surface area contributed by atoms with Crippen LogP contribution in [0.1, 0.15) is 16.8 Å². The summed E-state index contributed by atoms with van der Waals surface area (Å²) in [6, 6.07) is 11.6. The summed E-state index contributed by atoms with van der Waals surface area (Å²) in [7, 11) is 0. The number of nitro groups is 1. The summed E-state index contributed by atoms with van der Waals surface area (Å²) >= 11 is 4.91. The van der Waals surface area contributed by atoms with Crippen LogP contribution in [0, 0.1) is 10.1 Å². The van der Waals surface area contributed by atoms with Crippen molar-refractivity contribution in [3.05, 3.63) is 62.6 Å². The Balaban J connectivity index is 1.59. The molecule has 1 fully saturated rings. The quantitative estimate of drug-likeness (QED) is 0.351. The molecule has 0 N–H and O–H groups in total. The van der Waals surface area contributed by atoms with Crippen LogP contribution in [0.25, 0.3) is 10.2 Å². The van der Waals surface area contributed by atoms with Crippen molar-refractivity contribution >= 4 is 54.2 Å². The van der Waals surface area contributed by atoms with E-state index in [1.807, 2.05) is 18.2 Å². The number of aromatic nitrogens is 1. The number of carbonyl (C=O) groups is 1. The minimum absolute atomic E-state index is 0.104. The summed E-state index contributed by atoms with van der Waals surface area (Å²) in [5.41, 5.74) is 0.988. The zero-order valence-electron chi connectivity index (χ0n) is 16.7. The lowest BCUT2D eigenvalue weighted by atomic mass is 10.1. The molecule has 1 aliphatic rings. The topological polar surface area (TPSA) is 88.8 Å². The van der Waals surface area contributed by atoms with Gasteiger partial charge in [-0.3, -0.25) is 24.7 Å². The van der Waals surface area contributed by atoms with Crippen LogP contribution >= 0.6 is 27.3 Å². The minimum atomic E-state index is -0.491. The summed E-state index contributed by atoms with van der Waals surface area (Å²) in [4.78, 5) is 32.7. The Morgan fingerprint density at radius 2 is 2.06 bits per heavy atom. The van der Waals surface area contributed by atoms with Gasteiger partial charge in [0.25, 0.3) is 11.6 Å². The number of non-ortho nitro benzene ring substituents is 1. The number of nitro benzene ring substituents is 1. The molecule has 1 saturated heterocycles. The lowest BCUT2D eigenvalue weighted by Gasteiger charge is -2.27. The number of rotatable bonds is 7. The van der Waals surface area contributed by atoms with E-state index in [9.17, 15) is 14.9 Å². The van der Waals surface area contributed by atoms with Crippen LogP contribution in [-0.2, 0) is 4.74 Å². The number of carbonyl (C=O) groups excluding carboxylic acids is 1. The Kier molecular flexibility index (Phi) is 6.91. The van der Waals surface area contributed by atoms with Crippen molar-refractivity contribution in [3.63, 3.8) is 0 Å². The number of nitrogens with zero attached hydrogens (tertiary/aromatic N) is 4. The maximum Gasteiger partial charge on any atom is 0.270 e. The Bertz CT molecular complexity index is 1100. The molecule has 0 unspecified atom stereocenters. The van der Waals surface area contributed by atoms with Gasteiger partial charge in [-0.15, -0.1) is 0 Å². The first-order chi connectivity index (χ1) is 15.0. The molecule has 1 aliphatic heterocycles. The van der Waals surface area contributed by atoms with Crippen LogP contribution in [0.5, 0.6) is 0 Å². The van der Waals surface area contributed by atoms with E-state index in [4.69, 9.17) is 4.74 Å². The van der Waals surface area contributed by atoms with E-state index >= 15 is 0 Å². The zero-order chi connectivity index (χ0) is 21.8. The highest BCUT2D eigenvalue weighted by molar-refractivity contribution is 9.10. The van der Waals surface area contributed by atoms with Crippen molar-refractivity contribution < 1.29 is 14.5 Å². The van der Waals surface area contributed by atoms with Gasteiger partial charge in [0.15, 0.2) is 5.13 Å². The Morgan fingerprint density at radius 3 is 2.84 bits per heavy atom. The lowest BCUT2D eigenvalue weighted by molar-refractivity contribution is -0.384. The van der Waals surface area contributed by atoms with Gasteiger partial charge in [-0.05, 0) is 30.7 Å². The number of halogens is 1. The molecule has 1 aromatic heterocycles. The van der Waals surface area contributed by atoms with Gasteiger partial charge in [-0.25, -0.2) is 4.98 Å². The molecule has 2 aromatic carbocycles. The summed E-state index contributed by atoms with van der Waals surface area (Å²) in [5.74, 6) is -0.288. The van der Waals surface area contributed by atoms with Crippen LogP contribution < -0.4 is 4.90 Å². The van der Waals surface area contributed by atoms with E-state index in [1.165, 1.54) is 29.5 Å². The highest BCUT2D eigenvalue weighted by Gasteiger charge is 2.23. The Hall–Kier alpha value is -2.40. The molecule has 1 amide bonds. The van der Waals surface area contributed by atoms with E-state index in [1.54, 1.807) is 11.0 Å². The number of fused-ring (bicyclic) bond motifs is 1. The van der Waals surface area contributed by atoms with Gasteiger partial charge in [0.2, 0.25) is 0 Å². The number of morpholine rings is 1. The van der Waals surface area contributed by atoms with Crippen molar-refractivity contribution in [1.82, 2.24) is 9.88 Å². The second-order valence-corrected chi connectivity index (χ2v) is 9.11. The SMILES string of the molecule is O=C(c1cccc([N+](=O)[O-])c1)N(CCCN1CCOCC1)c1nc2ccc(Br)cc2s1. The molecule has 162 valence electrons. The molecule has 0 atom stereocenters. The number of amides is 1. The third kappa shape index (κ3) is 5.27. The van der Waals surface area contributed by atoms with Crippen LogP contribution in [0.3, 0.4) is 0 Å². The first-order valence-electron chi connectivity index (χ1n) is 9.94. The van der Waals surface area contributed by atoms with Crippen molar-refractivity contribution in [2.75, 3.05) is 44.3 Å². The molecule has 8 nitrogen and oxygen atoms in total. The smallest absolute Gasteiger partial charge is 0.270 e. The van der Waals surface area contributed by atoms with Gasteiger partial charge in [-0.1, -0.05) is 33.3 Å². The summed E-state index contributed by atoms with van der Waals surface area (Å²) in [6.45, 7) is 4.53. The van der Waals surface area contributed by atoms with Crippen LogP contribution in [-0.4, -0.2) is 60.1 Å². The van der Waals surface area contributed by atoms with Gasteiger partial charge < -0.3 is 4.74 Å². The first kappa shape index (κ1) is 21.8.